The van der Waals surface area contributed by atoms with Gasteiger partial charge in [-0.15, -0.1) is 11.8 Å². The first-order valence-corrected chi connectivity index (χ1v) is 23.6. The number of ether oxygens (including phenoxy) is 3. The predicted molar refractivity (Wildman–Crippen MR) is 283 cm³/mol. The van der Waals surface area contributed by atoms with E-state index in [4.69, 9.17) is 19.3 Å². The molecule has 2 amide bonds. The number of hydrogen-bond acceptors (Lipinski definition) is 12. The van der Waals surface area contributed by atoms with Crippen LogP contribution in [0.5, 0.6) is 17.2 Å². The number of phenols is 1. The van der Waals surface area contributed by atoms with Crippen LogP contribution in [0, 0.1) is 0 Å². The number of phenolic OH excluding ortho intramolecular Hbond substituents is 1. The van der Waals surface area contributed by atoms with Gasteiger partial charge in [0.15, 0.2) is 28.9 Å². The molecule has 0 fully saturated rings. The number of nitrogens with one attached hydrogen (secondary N) is 2. The second kappa shape index (κ2) is 31.5. The van der Waals surface area contributed by atoms with Crippen LogP contribution in [-0.4, -0.2) is 59.1 Å². The zero-order chi connectivity index (χ0) is 52.8. The number of hydrogen-bond donors (Lipinski definition) is 3. The van der Waals surface area contributed by atoms with Gasteiger partial charge in [-0.1, -0.05) is 60.7 Å². The number of benzene rings is 7. The zero-order valence-electron chi connectivity index (χ0n) is 41.2. The van der Waals surface area contributed by atoms with Gasteiger partial charge in [0, 0.05) is 44.1 Å². The molecule has 7 rings (SSSR count). The third-order valence-corrected chi connectivity index (χ3v) is 10.3. The van der Waals surface area contributed by atoms with Gasteiger partial charge >= 0.3 is 12.2 Å². The standard InChI is InChI=1S/C15H13NO3.C15H14O2.C11H13NO3.C9H10OS.C8H8O2/c1-11(17)12-7-9-14(10-8-12)19-15(18)16-13-5-3-2-4-6-13;1-12(16)14-7-9-15(10-8-14)17-11-13-5-3-2-4-6-13;1-3-15-11(14)12-10-6-4-9(5-7-10)8(2)13;1-7(10)8-3-5-9(11-2)6-4-8;1-6(9)7-2-4-8(10)5-3-7/h2-10H,1H3,(H,16,18);2-10H,11H2,1H3;4-7H,3H2,1-2H3,(H,12,14);3-6H,1-2H3;2-5,10H,1H3. The molecule has 14 heteroatoms. The van der Waals surface area contributed by atoms with Crippen LogP contribution in [0.25, 0.3) is 0 Å². The van der Waals surface area contributed by atoms with E-state index in [9.17, 15) is 33.6 Å². The lowest BCUT2D eigenvalue weighted by atomic mass is 10.1. The van der Waals surface area contributed by atoms with Crippen LogP contribution in [0.4, 0.5) is 21.0 Å². The molecule has 372 valence electrons. The Hall–Kier alpha value is -8.62. The molecule has 3 N–H and O–H groups in total. The molecule has 0 atom stereocenters. The summed E-state index contributed by atoms with van der Waals surface area (Å²) in [6.45, 7) is 10.2. The molecule has 13 nitrogen and oxygen atoms in total. The second-order valence-corrected chi connectivity index (χ2v) is 16.1. The second-order valence-electron chi connectivity index (χ2n) is 15.2. The molecule has 0 radical (unpaired) electrons. The summed E-state index contributed by atoms with van der Waals surface area (Å²) in [5.41, 5.74) is 5.70. The first kappa shape index (κ1) is 57.7. The Balaban J connectivity index is 0.000000242. The maximum absolute atomic E-state index is 11.6. The van der Waals surface area contributed by atoms with E-state index in [0.717, 1.165) is 16.9 Å². The predicted octanol–water partition coefficient (Wildman–Crippen LogP) is 13.6. The molecule has 0 unspecified atom stereocenters. The molecule has 7 aromatic rings. The molecule has 0 aliphatic heterocycles. The third-order valence-electron chi connectivity index (χ3n) is 9.58. The topological polar surface area (TPSA) is 191 Å². The maximum atomic E-state index is 11.6. The van der Waals surface area contributed by atoms with Crippen LogP contribution in [0.2, 0.25) is 0 Å². The average molecular weight is 991 g/mol. The van der Waals surface area contributed by atoms with Gasteiger partial charge in [-0.2, -0.15) is 0 Å². The van der Waals surface area contributed by atoms with Gasteiger partial charge in [0.25, 0.3) is 0 Å². The van der Waals surface area contributed by atoms with Gasteiger partial charge in [-0.3, -0.25) is 34.6 Å². The summed E-state index contributed by atoms with van der Waals surface area (Å²) in [5, 5.41) is 14.0. The SMILES string of the molecule is CC(=O)c1ccc(O)cc1.CC(=O)c1ccc(OC(=O)Nc2ccccc2)cc1.CC(=O)c1ccc(OCc2ccccc2)cc1.CCOC(=O)Nc1ccc(C(C)=O)cc1.CSc1ccc(C(C)=O)cc1. The number of aromatic hydroxyl groups is 1. The molecule has 0 saturated carbocycles. The van der Waals surface area contributed by atoms with E-state index in [1.54, 1.807) is 117 Å². The van der Waals surface area contributed by atoms with E-state index < -0.39 is 12.2 Å². The lowest BCUT2D eigenvalue weighted by Gasteiger charge is -2.06. The Labute approximate surface area is 424 Å². The minimum Gasteiger partial charge on any atom is -0.508 e. The number of rotatable bonds is 13. The third kappa shape index (κ3) is 22.7. The summed E-state index contributed by atoms with van der Waals surface area (Å²) < 4.78 is 15.4. The molecular weight excluding hydrogens is 933 g/mol. The normalized spacial score (nSPS) is 9.65. The molecule has 0 saturated heterocycles. The van der Waals surface area contributed by atoms with E-state index >= 15 is 0 Å². The first-order valence-electron chi connectivity index (χ1n) is 22.4. The molecule has 0 aliphatic carbocycles. The molecule has 0 aliphatic rings. The average Bonchev–Trinajstić information content (AvgIpc) is 3.38. The Morgan fingerprint density at radius 1 is 0.444 bits per heavy atom. The van der Waals surface area contributed by atoms with Crippen molar-refractivity contribution in [2.75, 3.05) is 23.5 Å². The van der Waals surface area contributed by atoms with Crippen molar-refractivity contribution in [1.29, 1.82) is 0 Å². The fourth-order valence-electron chi connectivity index (χ4n) is 5.65. The Morgan fingerprint density at radius 3 is 1.22 bits per heavy atom. The molecule has 0 bridgehead atoms. The maximum Gasteiger partial charge on any atom is 0.417 e. The highest BCUT2D eigenvalue weighted by Crippen LogP contribution is 2.17. The number of carbonyl (C=O) groups excluding carboxylic acids is 7. The number of ketones is 5. The summed E-state index contributed by atoms with van der Waals surface area (Å²) in [6.07, 6.45) is 0.956. The van der Waals surface area contributed by atoms with Gasteiger partial charge in [0.2, 0.25) is 0 Å². The van der Waals surface area contributed by atoms with Crippen LogP contribution in [-0.2, 0) is 11.3 Å². The van der Waals surface area contributed by atoms with Crippen molar-refractivity contribution < 1.29 is 52.9 Å². The van der Waals surface area contributed by atoms with Gasteiger partial charge < -0.3 is 19.3 Å². The van der Waals surface area contributed by atoms with Crippen LogP contribution < -0.4 is 20.1 Å². The Morgan fingerprint density at radius 2 is 0.806 bits per heavy atom. The van der Waals surface area contributed by atoms with Crippen molar-refractivity contribution in [2.24, 2.45) is 0 Å². The van der Waals surface area contributed by atoms with Crippen LogP contribution in [0.1, 0.15) is 98.9 Å². The van der Waals surface area contributed by atoms with Gasteiger partial charge in [0.1, 0.15) is 23.9 Å². The number of para-hydroxylation sites is 1. The number of carbonyl (C=O) groups is 7. The Kier molecular flexibility index (Phi) is 25.2. The van der Waals surface area contributed by atoms with Crippen molar-refractivity contribution in [2.45, 2.75) is 53.0 Å². The highest BCUT2D eigenvalue weighted by atomic mass is 32.2. The van der Waals surface area contributed by atoms with E-state index in [1.165, 1.54) is 37.8 Å². The minimum absolute atomic E-state index is 0.00214. The van der Waals surface area contributed by atoms with Crippen LogP contribution in [0.15, 0.2) is 187 Å². The van der Waals surface area contributed by atoms with Crippen LogP contribution >= 0.6 is 11.8 Å². The van der Waals surface area contributed by atoms with Crippen LogP contribution in [0.3, 0.4) is 0 Å². The summed E-state index contributed by atoms with van der Waals surface area (Å²) in [6, 6.07) is 53.1. The summed E-state index contributed by atoms with van der Waals surface area (Å²) in [5.74, 6) is 1.53. The van der Waals surface area contributed by atoms with E-state index in [-0.39, 0.29) is 34.7 Å². The zero-order valence-corrected chi connectivity index (χ0v) is 42.0. The summed E-state index contributed by atoms with van der Waals surface area (Å²) in [4.78, 5) is 78.5. The lowest BCUT2D eigenvalue weighted by molar-refractivity contribution is 0.100. The monoisotopic (exact) mass is 990 g/mol. The number of Topliss-reactive ketones (excluding diaryl/α,β-unsaturated/α-hetero) is 5. The number of thioether (sulfide) groups is 1. The van der Waals surface area contributed by atoms with Crippen molar-refractivity contribution >= 4 is 64.2 Å². The van der Waals surface area contributed by atoms with Gasteiger partial charge in [-0.25, -0.2) is 9.59 Å². The quantitative estimate of drug-likeness (QED) is 0.0733. The van der Waals surface area contributed by atoms with Crippen molar-refractivity contribution in [3.63, 3.8) is 0 Å². The Bertz CT molecular complexity index is 2800. The lowest BCUT2D eigenvalue weighted by Crippen LogP contribution is -2.16. The summed E-state index contributed by atoms with van der Waals surface area (Å²) >= 11 is 1.68. The van der Waals surface area contributed by atoms with E-state index in [1.807, 2.05) is 91.2 Å². The summed E-state index contributed by atoms with van der Waals surface area (Å²) in [7, 11) is 0. The highest BCUT2D eigenvalue weighted by Gasteiger charge is 2.07. The molecule has 0 spiro atoms. The smallest absolute Gasteiger partial charge is 0.417 e. The molecular formula is C58H58N2O11S. The number of amides is 2. The largest absolute Gasteiger partial charge is 0.508 e. The van der Waals surface area contributed by atoms with E-state index in [0.29, 0.717) is 52.6 Å². The van der Waals surface area contributed by atoms with Crippen molar-refractivity contribution in [1.82, 2.24) is 0 Å². The molecule has 0 aromatic heterocycles. The minimum atomic E-state index is -0.568. The molecule has 72 heavy (non-hydrogen) atoms. The highest BCUT2D eigenvalue weighted by molar-refractivity contribution is 7.98. The fraction of sp³-hybridized carbons (Fsp3) is 0.155. The van der Waals surface area contributed by atoms with Gasteiger partial charge in [0.05, 0.1) is 6.61 Å². The van der Waals surface area contributed by atoms with Gasteiger partial charge in [-0.05, 0) is 175 Å². The molecule has 7 aromatic carbocycles. The van der Waals surface area contributed by atoms with E-state index in [2.05, 4.69) is 10.6 Å². The number of anilines is 2. The fourth-order valence-corrected chi connectivity index (χ4v) is 6.06. The van der Waals surface area contributed by atoms with Crippen molar-refractivity contribution in [3.8, 4) is 17.2 Å². The van der Waals surface area contributed by atoms with Crippen molar-refractivity contribution in [3.05, 3.63) is 215 Å². The molecule has 0 heterocycles. The first-order chi connectivity index (χ1) is 34.5.